The van der Waals surface area contributed by atoms with E-state index in [1.807, 2.05) is 37.3 Å². The van der Waals surface area contributed by atoms with Crippen LogP contribution in [0.5, 0.6) is 5.75 Å². The third-order valence-corrected chi connectivity index (χ3v) is 3.59. The van der Waals surface area contributed by atoms with E-state index < -0.39 is 6.61 Å². The molecule has 0 radical (unpaired) electrons. The summed E-state index contributed by atoms with van der Waals surface area (Å²) in [5.41, 5.74) is 1.50. The van der Waals surface area contributed by atoms with Gasteiger partial charge in [-0.1, -0.05) is 48.9 Å². The van der Waals surface area contributed by atoms with E-state index in [2.05, 4.69) is 10.1 Å². The number of benzene rings is 2. The van der Waals surface area contributed by atoms with Gasteiger partial charge in [-0.2, -0.15) is 8.78 Å². The van der Waals surface area contributed by atoms with E-state index in [0.29, 0.717) is 12.1 Å². The first kappa shape index (κ1) is 17.2. The number of carbonyl (C=O) groups is 1. The fraction of sp³-hybridized carbons (Fsp3) is 0.235. The fourth-order valence-electron chi connectivity index (χ4n) is 2.16. The lowest BCUT2D eigenvalue weighted by Gasteiger charge is -2.13. The molecule has 0 aliphatic carbocycles. The molecular formula is C17H16ClF2NO2. The molecule has 0 aliphatic rings. The Balaban J connectivity index is 1.96. The van der Waals surface area contributed by atoms with E-state index in [1.54, 1.807) is 0 Å². The summed E-state index contributed by atoms with van der Waals surface area (Å²) < 4.78 is 28.6. The first-order chi connectivity index (χ1) is 11.0. The number of rotatable bonds is 6. The summed E-state index contributed by atoms with van der Waals surface area (Å²) in [6, 6.07) is 13.8. The SMILES string of the molecule is C[C@H](CC(=O)Nc1ccc(OC(F)F)c(Cl)c1)c1ccccc1. The summed E-state index contributed by atoms with van der Waals surface area (Å²) in [5, 5.41) is 2.71. The lowest BCUT2D eigenvalue weighted by molar-refractivity contribution is -0.116. The molecule has 0 saturated heterocycles. The molecule has 3 nitrogen and oxygen atoms in total. The number of anilines is 1. The van der Waals surface area contributed by atoms with Crippen LogP contribution in [0.2, 0.25) is 5.02 Å². The maximum atomic E-state index is 12.2. The second-order valence-electron chi connectivity index (χ2n) is 5.09. The molecule has 1 atom stereocenters. The summed E-state index contributed by atoms with van der Waals surface area (Å²) in [7, 11) is 0. The summed E-state index contributed by atoms with van der Waals surface area (Å²) >= 11 is 5.85. The molecule has 0 aliphatic heterocycles. The average molecular weight is 340 g/mol. The van der Waals surface area contributed by atoms with Gasteiger partial charge in [0.05, 0.1) is 5.02 Å². The Kier molecular flexibility index (Phi) is 5.93. The Hall–Kier alpha value is -2.14. The molecule has 2 aromatic carbocycles. The van der Waals surface area contributed by atoms with E-state index in [0.717, 1.165) is 5.56 Å². The largest absolute Gasteiger partial charge is 0.433 e. The van der Waals surface area contributed by atoms with Gasteiger partial charge in [-0.25, -0.2) is 0 Å². The molecule has 1 amide bonds. The van der Waals surface area contributed by atoms with Crippen LogP contribution in [-0.2, 0) is 4.79 Å². The van der Waals surface area contributed by atoms with Gasteiger partial charge in [0.25, 0.3) is 0 Å². The van der Waals surface area contributed by atoms with Crippen molar-refractivity contribution in [2.45, 2.75) is 25.9 Å². The zero-order valence-electron chi connectivity index (χ0n) is 12.4. The zero-order chi connectivity index (χ0) is 16.8. The van der Waals surface area contributed by atoms with Crippen molar-refractivity contribution in [2.75, 3.05) is 5.32 Å². The van der Waals surface area contributed by atoms with Crippen LogP contribution in [0.3, 0.4) is 0 Å². The van der Waals surface area contributed by atoms with Gasteiger partial charge >= 0.3 is 6.61 Å². The quantitative estimate of drug-likeness (QED) is 0.797. The van der Waals surface area contributed by atoms with Crippen molar-refractivity contribution < 1.29 is 18.3 Å². The highest BCUT2D eigenvalue weighted by atomic mass is 35.5. The van der Waals surface area contributed by atoms with Gasteiger partial charge in [0.15, 0.2) is 0 Å². The van der Waals surface area contributed by atoms with Crippen molar-refractivity contribution in [3.8, 4) is 5.75 Å². The molecule has 1 N–H and O–H groups in total. The van der Waals surface area contributed by atoms with Crippen molar-refractivity contribution in [1.29, 1.82) is 0 Å². The van der Waals surface area contributed by atoms with Crippen molar-refractivity contribution in [3.05, 3.63) is 59.1 Å². The summed E-state index contributed by atoms with van der Waals surface area (Å²) in [4.78, 5) is 12.1. The van der Waals surface area contributed by atoms with E-state index in [9.17, 15) is 13.6 Å². The molecule has 0 heterocycles. The smallest absolute Gasteiger partial charge is 0.387 e. The predicted octanol–water partition coefficient (Wildman–Crippen LogP) is 5.07. The molecule has 2 aromatic rings. The van der Waals surface area contributed by atoms with Gasteiger partial charge < -0.3 is 10.1 Å². The van der Waals surface area contributed by atoms with Crippen LogP contribution < -0.4 is 10.1 Å². The Bertz CT molecular complexity index is 665. The Morgan fingerprint density at radius 2 is 1.91 bits per heavy atom. The fourth-order valence-corrected chi connectivity index (χ4v) is 2.38. The van der Waals surface area contributed by atoms with E-state index in [-0.39, 0.29) is 22.6 Å². The summed E-state index contributed by atoms with van der Waals surface area (Å²) in [5.74, 6) is -0.245. The van der Waals surface area contributed by atoms with Crippen LogP contribution in [0.1, 0.15) is 24.8 Å². The van der Waals surface area contributed by atoms with Gasteiger partial charge in [-0.15, -0.1) is 0 Å². The molecule has 122 valence electrons. The van der Waals surface area contributed by atoms with Crippen LogP contribution in [0.15, 0.2) is 48.5 Å². The zero-order valence-corrected chi connectivity index (χ0v) is 13.2. The second-order valence-corrected chi connectivity index (χ2v) is 5.49. The van der Waals surface area contributed by atoms with E-state index in [4.69, 9.17) is 11.6 Å². The minimum atomic E-state index is -2.94. The number of amides is 1. The number of hydrogen-bond acceptors (Lipinski definition) is 2. The Labute approximate surface area is 138 Å². The van der Waals surface area contributed by atoms with Crippen LogP contribution in [-0.4, -0.2) is 12.5 Å². The van der Waals surface area contributed by atoms with Crippen LogP contribution >= 0.6 is 11.6 Å². The Morgan fingerprint density at radius 3 is 2.52 bits per heavy atom. The maximum absolute atomic E-state index is 12.2. The minimum Gasteiger partial charge on any atom is -0.433 e. The number of carbonyl (C=O) groups excluding carboxylic acids is 1. The summed E-state index contributed by atoms with van der Waals surface area (Å²) in [6.45, 7) is -0.985. The molecule has 0 saturated carbocycles. The van der Waals surface area contributed by atoms with Crippen molar-refractivity contribution in [3.63, 3.8) is 0 Å². The highest BCUT2D eigenvalue weighted by molar-refractivity contribution is 6.32. The van der Waals surface area contributed by atoms with Gasteiger partial charge in [0.2, 0.25) is 5.91 Å². The minimum absolute atomic E-state index is 0.0132. The lowest BCUT2D eigenvalue weighted by Crippen LogP contribution is -2.14. The molecule has 2 rings (SSSR count). The van der Waals surface area contributed by atoms with Gasteiger partial charge in [0, 0.05) is 12.1 Å². The average Bonchev–Trinajstić information content (AvgIpc) is 2.50. The van der Waals surface area contributed by atoms with E-state index >= 15 is 0 Å². The number of halogens is 3. The number of ether oxygens (including phenoxy) is 1. The highest BCUT2D eigenvalue weighted by Gasteiger charge is 2.13. The monoisotopic (exact) mass is 339 g/mol. The molecule has 0 aromatic heterocycles. The highest BCUT2D eigenvalue weighted by Crippen LogP contribution is 2.29. The normalized spacial score (nSPS) is 12.0. The maximum Gasteiger partial charge on any atom is 0.387 e. The van der Waals surface area contributed by atoms with Crippen LogP contribution in [0, 0.1) is 0 Å². The Morgan fingerprint density at radius 1 is 1.22 bits per heavy atom. The topological polar surface area (TPSA) is 38.3 Å². The van der Waals surface area contributed by atoms with Gasteiger partial charge in [-0.05, 0) is 29.7 Å². The number of hydrogen-bond donors (Lipinski definition) is 1. The first-order valence-electron chi connectivity index (χ1n) is 7.05. The second kappa shape index (κ2) is 7.92. The van der Waals surface area contributed by atoms with Crippen molar-refractivity contribution >= 4 is 23.2 Å². The number of alkyl halides is 2. The first-order valence-corrected chi connectivity index (χ1v) is 7.42. The molecular weight excluding hydrogens is 324 g/mol. The van der Waals surface area contributed by atoms with Crippen LogP contribution in [0.4, 0.5) is 14.5 Å². The van der Waals surface area contributed by atoms with Crippen molar-refractivity contribution in [2.24, 2.45) is 0 Å². The molecule has 0 bridgehead atoms. The lowest BCUT2D eigenvalue weighted by atomic mass is 9.97. The molecule has 0 fully saturated rings. The molecule has 0 spiro atoms. The summed E-state index contributed by atoms with van der Waals surface area (Å²) in [6.07, 6.45) is 0.302. The predicted molar refractivity (Wildman–Crippen MR) is 86.2 cm³/mol. The third-order valence-electron chi connectivity index (χ3n) is 3.29. The van der Waals surface area contributed by atoms with Crippen LogP contribution in [0.25, 0.3) is 0 Å². The van der Waals surface area contributed by atoms with Crippen molar-refractivity contribution in [1.82, 2.24) is 0 Å². The van der Waals surface area contributed by atoms with E-state index in [1.165, 1.54) is 18.2 Å². The third kappa shape index (κ3) is 5.21. The molecule has 23 heavy (non-hydrogen) atoms. The van der Waals surface area contributed by atoms with Gasteiger partial charge in [0.1, 0.15) is 5.75 Å². The van der Waals surface area contributed by atoms with Gasteiger partial charge in [-0.3, -0.25) is 4.79 Å². The molecule has 6 heteroatoms. The number of nitrogens with one attached hydrogen (secondary N) is 1. The standard InChI is InChI=1S/C17H16ClF2NO2/c1-11(12-5-3-2-4-6-12)9-16(22)21-13-7-8-15(14(18)10-13)23-17(19)20/h2-8,10-11,17H,9H2,1H3,(H,21,22)/t11-/m1/s1. The molecule has 0 unspecified atom stereocenters.